The number of furan rings is 1. The zero-order chi connectivity index (χ0) is 16.7. The monoisotopic (exact) mass is 325 g/mol. The molecule has 0 aliphatic carbocycles. The van der Waals surface area contributed by atoms with Crippen LogP contribution in [0.4, 0.5) is 10.7 Å². The van der Waals surface area contributed by atoms with Gasteiger partial charge in [0.05, 0.1) is 25.5 Å². The number of imide groups is 1. The lowest BCUT2D eigenvalue weighted by atomic mass is 10.5. The number of hydrazone groups is 1. The Morgan fingerprint density at radius 3 is 2.48 bits per heavy atom. The summed E-state index contributed by atoms with van der Waals surface area (Å²) in [6.45, 7) is 3.65. The van der Waals surface area contributed by atoms with Crippen molar-refractivity contribution < 1.29 is 23.7 Å². The fourth-order valence-corrected chi connectivity index (χ4v) is 1.68. The third-order valence-corrected chi connectivity index (χ3v) is 2.74. The first-order valence-electron chi connectivity index (χ1n) is 6.74. The SMILES string of the molecule is C1COCCN1.O=C1CN(/N=C/c2ccc([N+](=O)[O-])o2)C(=O)N1. The van der Waals surface area contributed by atoms with Gasteiger partial charge in [0.1, 0.15) is 11.5 Å². The Hall–Kier alpha value is -2.79. The van der Waals surface area contributed by atoms with E-state index in [1.165, 1.54) is 6.07 Å². The van der Waals surface area contributed by atoms with Crippen LogP contribution >= 0.6 is 0 Å². The van der Waals surface area contributed by atoms with Crippen LogP contribution in [-0.4, -0.2) is 60.9 Å². The highest BCUT2D eigenvalue weighted by molar-refractivity contribution is 6.02. The first-order valence-corrected chi connectivity index (χ1v) is 6.74. The van der Waals surface area contributed by atoms with E-state index in [0.29, 0.717) is 0 Å². The van der Waals surface area contributed by atoms with Crippen LogP contribution in [0.25, 0.3) is 0 Å². The van der Waals surface area contributed by atoms with Crippen molar-refractivity contribution in [1.82, 2.24) is 15.6 Å². The molecule has 0 radical (unpaired) electrons. The van der Waals surface area contributed by atoms with Crippen LogP contribution in [0, 0.1) is 10.1 Å². The number of nitrogens with zero attached hydrogens (tertiary/aromatic N) is 3. The van der Waals surface area contributed by atoms with Crippen LogP contribution in [-0.2, 0) is 9.53 Å². The molecule has 124 valence electrons. The Morgan fingerprint density at radius 1 is 1.30 bits per heavy atom. The molecule has 2 aliphatic heterocycles. The van der Waals surface area contributed by atoms with E-state index in [1.54, 1.807) is 0 Å². The van der Waals surface area contributed by atoms with Crippen LogP contribution < -0.4 is 10.6 Å². The number of ether oxygens (including phenoxy) is 1. The highest BCUT2D eigenvalue weighted by atomic mass is 16.6. The molecule has 11 nitrogen and oxygen atoms in total. The number of urea groups is 1. The van der Waals surface area contributed by atoms with Crippen LogP contribution in [0.5, 0.6) is 0 Å². The van der Waals surface area contributed by atoms with Crippen LogP contribution in [0.15, 0.2) is 21.7 Å². The van der Waals surface area contributed by atoms with Gasteiger partial charge in [-0.1, -0.05) is 0 Å². The predicted octanol–water partition coefficient (Wildman–Crippen LogP) is -0.320. The number of carbonyl (C=O) groups excluding carboxylic acids is 2. The maximum Gasteiger partial charge on any atom is 0.433 e. The summed E-state index contributed by atoms with van der Waals surface area (Å²) in [5, 5.41) is 20.0. The third kappa shape index (κ3) is 5.16. The van der Waals surface area contributed by atoms with Gasteiger partial charge < -0.3 is 14.5 Å². The Morgan fingerprint density at radius 2 is 2.04 bits per heavy atom. The summed E-state index contributed by atoms with van der Waals surface area (Å²) >= 11 is 0. The molecule has 1 aromatic rings. The topological polar surface area (TPSA) is 139 Å². The molecule has 3 heterocycles. The molecule has 0 bridgehead atoms. The summed E-state index contributed by atoms with van der Waals surface area (Å²) in [6, 6.07) is 1.85. The summed E-state index contributed by atoms with van der Waals surface area (Å²) in [7, 11) is 0. The number of amides is 3. The fourth-order valence-electron chi connectivity index (χ4n) is 1.68. The molecular weight excluding hydrogens is 310 g/mol. The van der Waals surface area contributed by atoms with Gasteiger partial charge >= 0.3 is 11.9 Å². The number of hydrogen-bond donors (Lipinski definition) is 2. The van der Waals surface area contributed by atoms with E-state index in [2.05, 4.69) is 10.4 Å². The van der Waals surface area contributed by atoms with Gasteiger partial charge in [-0.05, 0) is 6.07 Å². The number of nitro groups is 1. The van der Waals surface area contributed by atoms with Gasteiger partial charge in [0.15, 0.2) is 5.76 Å². The van der Waals surface area contributed by atoms with Crippen molar-refractivity contribution in [2.45, 2.75) is 0 Å². The Bertz CT molecular complexity index is 597. The number of hydrogen-bond acceptors (Lipinski definition) is 8. The smallest absolute Gasteiger partial charge is 0.400 e. The molecule has 2 N–H and O–H groups in total. The lowest BCUT2D eigenvalue weighted by molar-refractivity contribution is -0.402. The molecule has 23 heavy (non-hydrogen) atoms. The van der Waals surface area contributed by atoms with Crippen LogP contribution in [0.3, 0.4) is 0 Å². The van der Waals surface area contributed by atoms with E-state index < -0.39 is 22.7 Å². The Balaban J connectivity index is 0.000000268. The van der Waals surface area contributed by atoms with Gasteiger partial charge in [0, 0.05) is 13.1 Å². The fraction of sp³-hybridized carbons (Fsp3) is 0.417. The molecule has 1 aromatic heterocycles. The van der Waals surface area contributed by atoms with E-state index in [-0.39, 0.29) is 12.3 Å². The summed E-state index contributed by atoms with van der Waals surface area (Å²) < 4.78 is 9.78. The predicted molar refractivity (Wildman–Crippen MR) is 76.9 cm³/mol. The van der Waals surface area contributed by atoms with Crippen molar-refractivity contribution in [3.63, 3.8) is 0 Å². The van der Waals surface area contributed by atoms with Gasteiger partial charge in [-0.15, -0.1) is 0 Å². The molecule has 2 saturated heterocycles. The maximum atomic E-state index is 11.1. The van der Waals surface area contributed by atoms with Crippen LogP contribution in [0.1, 0.15) is 5.76 Å². The Kier molecular flexibility index (Phi) is 5.77. The van der Waals surface area contributed by atoms with E-state index in [4.69, 9.17) is 9.15 Å². The lowest BCUT2D eigenvalue weighted by Crippen LogP contribution is -2.30. The second-order valence-corrected chi connectivity index (χ2v) is 4.45. The van der Waals surface area contributed by atoms with Crippen molar-refractivity contribution in [2.24, 2.45) is 5.10 Å². The molecule has 2 aliphatic rings. The minimum Gasteiger partial charge on any atom is -0.400 e. The van der Waals surface area contributed by atoms with Crippen molar-refractivity contribution in [3.05, 3.63) is 28.0 Å². The van der Waals surface area contributed by atoms with Crippen molar-refractivity contribution in [2.75, 3.05) is 32.8 Å². The summed E-state index contributed by atoms with van der Waals surface area (Å²) in [6.07, 6.45) is 1.12. The molecule has 0 unspecified atom stereocenters. The van der Waals surface area contributed by atoms with Crippen molar-refractivity contribution >= 4 is 24.0 Å². The van der Waals surface area contributed by atoms with Crippen molar-refractivity contribution in [1.29, 1.82) is 0 Å². The molecular formula is C12H15N5O6. The van der Waals surface area contributed by atoms with Gasteiger partial charge in [0.2, 0.25) is 5.91 Å². The van der Waals surface area contributed by atoms with Crippen LogP contribution in [0.2, 0.25) is 0 Å². The first-order chi connectivity index (χ1) is 11.1. The standard InChI is InChI=1S/C8H6N4O5.C4H9NO/c13-6-4-11(8(14)10-6)9-3-5-1-2-7(17-5)12(15)16;1-3-6-4-2-5-1/h1-3H,4H2,(H,10,13,14);5H,1-4H2/b9-3+;. The molecule has 0 aromatic carbocycles. The summed E-state index contributed by atoms with van der Waals surface area (Å²) in [4.78, 5) is 31.5. The third-order valence-electron chi connectivity index (χ3n) is 2.74. The molecule has 3 rings (SSSR count). The highest BCUT2D eigenvalue weighted by Gasteiger charge is 2.26. The average molecular weight is 325 g/mol. The summed E-state index contributed by atoms with van der Waals surface area (Å²) in [5.74, 6) is -0.769. The zero-order valence-electron chi connectivity index (χ0n) is 12.1. The van der Waals surface area contributed by atoms with Gasteiger partial charge in [-0.3, -0.25) is 20.2 Å². The number of rotatable bonds is 3. The second-order valence-electron chi connectivity index (χ2n) is 4.45. The van der Waals surface area contributed by atoms with E-state index in [1.807, 2.05) is 5.32 Å². The number of nitrogens with one attached hydrogen (secondary N) is 2. The molecule has 0 spiro atoms. The largest absolute Gasteiger partial charge is 0.433 e. The lowest BCUT2D eigenvalue weighted by Gasteiger charge is -2.10. The quantitative estimate of drug-likeness (QED) is 0.336. The Labute approximate surface area is 130 Å². The molecule has 3 amide bonds. The zero-order valence-corrected chi connectivity index (χ0v) is 12.1. The molecule has 11 heteroatoms. The molecule has 0 atom stereocenters. The summed E-state index contributed by atoms with van der Waals surface area (Å²) in [5.41, 5.74) is 0. The molecule has 0 saturated carbocycles. The minimum absolute atomic E-state index is 0.115. The van der Waals surface area contributed by atoms with Gasteiger partial charge in [-0.25, -0.2) is 9.80 Å². The van der Waals surface area contributed by atoms with Crippen molar-refractivity contribution in [3.8, 4) is 0 Å². The van der Waals surface area contributed by atoms with E-state index in [9.17, 15) is 19.7 Å². The van der Waals surface area contributed by atoms with Gasteiger partial charge in [0.25, 0.3) is 0 Å². The first kappa shape index (κ1) is 16.6. The highest BCUT2D eigenvalue weighted by Crippen LogP contribution is 2.14. The normalized spacial score (nSPS) is 17.8. The minimum atomic E-state index is -0.691. The van der Waals surface area contributed by atoms with E-state index >= 15 is 0 Å². The number of morpholine rings is 1. The van der Waals surface area contributed by atoms with Gasteiger partial charge in [-0.2, -0.15) is 5.10 Å². The van der Waals surface area contributed by atoms with E-state index in [0.717, 1.165) is 43.6 Å². The average Bonchev–Trinajstić information content (AvgIpc) is 3.14. The molecule has 2 fully saturated rings. The second kappa shape index (κ2) is 8.00. The maximum absolute atomic E-state index is 11.1. The number of carbonyl (C=O) groups is 2.